The van der Waals surface area contributed by atoms with Gasteiger partial charge in [0.05, 0.1) is 26.3 Å². The maximum atomic E-state index is 5.87. The van der Waals surface area contributed by atoms with Crippen LogP contribution in [0.5, 0.6) is 11.5 Å². The van der Waals surface area contributed by atoms with Crippen molar-refractivity contribution in [1.29, 1.82) is 0 Å². The van der Waals surface area contributed by atoms with E-state index in [0.717, 1.165) is 31.0 Å². The summed E-state index contributed by atoms with van der Waals surface area (Å²) in [6, 6.07) is 14.9. The van der Waals surface area contributed by atoms with Crippen molar-refractivity contribution in [1.82, 2.24) is 10.2 Å². The molecule has 6 nitrogen and oxygen atoms in total. The van der Waals surface area contributed by atoms with Crippen molar-refractivity contribution in [2.75, 3.05) is 41.5 Å². The zero-order valence-electron chi connectivity index (χ0n) is 16.9. The number of methoxy groups -OCH3 is 4. The number of rotatable bonds is 5. The molecule has 0 unspecified atom stereocenters. The molecule has 0 aliphatic carbocycles. The second kappa shape index (κ2) is 7.72. The van der Waals surface area contributed by atoms with Gasteiger partial charge >= 0.3 is 0 Å². The summed E-state index contributed by atoms with van der Waals surface area (Å²) in [6.07, 6.45) is 0.785. The highest BCUT2D eigenvalue weighted by Crippen LogP contribution is 2.45. The highest BCUT2D eigenvalue weighted by molar-refractivity contribution is 5.52. The molecule has 2 aliphatic rings. The molecule has 0 radical (unpaired) electrons. The molecule has 28 heavy (non-hydrogen) atoms. The van der Waals surface area contributed by atoms with Crippen LogP contribution < -0.4 is 14.8 Å². The highest BCUT2D eigenvalue weighted by Gasteiger charge is 2.51. The normalized spacial score (nSPS) is 23.6. The number of hydrogen-bond acceptors (Lipinski definition) is 6. The molecule has 0 amide bonds. The third-order valence-corrected chi connectivity index (χ3v) is 5.99. The Morgan fingerprint density at radius 3 is 2.29 bits per heavy atom. The van der Waals surface area contributed by atoms with Crippen LogP contribution in [0.2, 0.25) is 0 Å². The van der Waals surface area contributed by atoms with Crippen LogP contribution in [0.1, 0.15) is 22.7 Å². The first kappa shape index (κ1) is 19.2. The van der Waals surface area contributed by atoms with Crippen LogP contribution in [0, 0.1) is 0 Å². The van der Waals surface area contributed by atoms with E-state index in [1.54, 1.807) is 28.4 Å². The number of nitrogens with one attached hydrogen (secondary N) is 1. The third kappa shape index (κ3) is 2.97. The number of fused-ring (bicyclic) bond motifs is 2. The van der Waals surface area contributed by atoms with Gasteiger partial charge in [0.1, 0.15) is 0 Å². The Bertz CT molecular complexity index is 823. The van der Waals surface area contributed by atoms with Crippen molar-refractivity contribution in [2.45, 2.75) is 24.4 Å². The van der Waals surface area contributed by atoms with Gasteiger partial charge in [-0.15, -0.1) is 0 Å². The summed E-state index contributed by atoms with van der Waals surface area (Å²) >= 11 is 0. The van der Waals surface area contributed by atoms with Crippen LogP contribution in [0.4, 0.5) is 0 Å². The van der Waals surface area contributed by atoms with Gasteiger partial charge < -0.3 is 18.9 Å². The lowest BCUT2D eigenvalue weighted by Gasteiger charge is -2.53. The minimum atomic E-state index is -0.851. The van der Waals surface area contributed by atoms with Crippen LogP contribution >= 0.6 is 0 Å². The van der Waals surface area contributed by atoms with Crippen molar-refractivity contribution in [2.24, 2.45) is 0 Å². The second-order valence-corrected chi connectivity index (χ2v) is 7.18. The maximum Gasteiger partial charge on any atom is 0.243 e. The Kier molecular flexibility index (Phi) is 5.29. The van der Waals surface area contributed by atoms with E-state index in [1.807, 2.05) is 6.07 Å². The first-order valence-electron chi connectivity index (χ1n) is 9.58. The van der Waals surface area contributed by atoms with E-state index in [2.05, 4.69) is 46.6 Å². The van der Waals surface area contributed by atoms with Gasteiger partial charge in [-0.05, 0) is 35.2 Å². The van der Waals surface area contributed by atoms with Crippen molar-refractivity contribution >= 4 is 0 Å². The lowest BCUT2D eigenvalue weighted by Crippen LogP contribution is -2.70. The van der Waals surface area contributed by atoms with Gasteiger partial charge in [-0.1, -0.05) is 30.3 Å². The van der Waals surface area contributed by atoms with Crippen molar-refractivity contribution < 1.29 is 18.9 Å². The minimum Gasteiger partial charge on any atom is -0.493 e. The quantitative estimate of drug-likeness (QED) is 0.800. The molecule has 2 atom stereocenters. The number of piperazine rings is 1. The Labute approximate surface area is 166 Å². The average molecular weight is 384 g/mol. The summed E-state index contributed by atoms with van der Waals surface area (Å²) < 4.78 is 22.9. The Morgan fingerprint density at radius 2 is 1.64 bits per heavy atom. The zero-order chi connectivity index (χ0) is 19.7. The summed E-state index contributed by atoms with van der Waals surface area (Å²) in [4.78, 5) is 2.48. The summed E-state index contributed by atoms with van der Waals surface area (Å²) in [6.45, 7) is 1.68. The number of nitrogens with zero attached hydrogens (tertiary/aromatic N) is 1. The Balaban J connectivity index is 1.90. The molecule has 0 spiro atoms. The molecule has 6 heteroatoms. The van der Waals surface area contributed by atoms with Crippen molar-refractivity contribution in [3.8, 4) is 11.5 Å². The molecule has 2 aromatic carbocycles. The molecule has 4 rings (SSSR count). The minimum absolute atomic E-state index is 0.0204. The lowest BCUT2D eigenvalue weighted by molar-refractivity contribution is -0.280. The molecule has 0 bridgehead atoms. The molecule has 150 valence electrons. The van der Waals surface area contributed by atoms with Crippen molar-refractivity contribution in [3.05, 3.63) is 59.2 Å². The Hall–Kier alpha value is -2.12. The van der Waals surface area contributed by atoms with Gasteiger partial charge in [-0.3, -0.25) is 10.2 Å². The number of hydrogen-bond donors (Lipinski definition) is 1. The summed E-state index contributed by atoms with van der Waals surface area (Å²) in [5, 5.41) is 3.44. The van der Waals surface area contributed by atoms with Gasteiger partial charge in [0.15, 0.2) is 11.5 Å². The fourth-order valence-corrected chi connectivity index (χ4v) is 4.67. The van der Waals surface area contributed by atoms with E-state index < -0.39 is 5.91 Å². The predicted octanol–water partition coefficient (Wildman–Crippen LogP) is 2.57. The largest absolute Gasteiger partial charge is 0.493 e. The molecule has 2 aromatic rings. The number of ether oxygens (including phenoxy) is 4. The van der Waals surface area contributed by atoms with E-state index in [4.69, 9.17) is 18.9 Å². The van der Waals surface area contributed by atoms with Gasteiger partial charge in [-0.2, -0.15) is 0 Å². The molecule has 0 saturated carbocycles. The van der Waals surface area contributed by atoms with Gasteiger partial charge in [0.2, 0.25) is 5.91 Å². The second-order valence-electron chi connectivity index (χ2n) is 7.18. The van der Waals surface area contributed by atoms with Gasteiger partial charge in [-0.25, -0.2) is 0 Å². The molecule has 1 fully saturated rings. The molecule has 2 aliphatic heterocycles. The van der Waals surface area contributed by atoms with Crippen molar-refractivity contribution in [3.63, 3.8) is 0 Å². The van der Waals surface area contributed by atoms with E-state index in [0.29, 0.717) is 0 Å². The fourth-order valence-electron chi connectivity index (χ4n) is 4.67. The number of benzene rings is 2. The van der Waals surface area contributed by atoms with Crippen LogP contribution in [0.25, 0.3) is 0 Å². The molecule has 1 N–H and O–H groups in total. The summed E-state index contributed by atoms with van der Waals surface area (Å²) in [7, 11) is 6.74. The molecule has 2 heterocycles. The third-order valence-electron chi connectivity index (χ3n) is 5.99. The van der Waals surface area contributed by atoms with E-state index in [1.165, 1.54) is 16.7 Å². The topological polar surface area (TPSA) is 52.2 Å². The van der Waals surface area contributed by atoms with E-state index >= 15 is 0 Å². The SMILES string of the molecule is COc1cc2c(cc1OC)[C@H](c1ccccc1)N1CCNC(OC)(OC)[C@@H]1C2. The molecular weight excluding hydrogens is 356 g/mol. The summed E-state index contributed by atoms with van der Waals surface area (Å²) in [5.74, 6) is 0.641. The maximum absolute atomic E-state index is 5.87. The summed E-state index contributed by atoms with van der Waals surface area (Å²) in [5.41, 5.74) is 3.70. The van der Waals surface area contributed by atoms with Crippen LogP contribution in [0.3, 0.4) is 0 Å². The van der Waals surface area contributed by atoms with Crippen LogP contribution in [-0.4, -0.2) is 58.4 Å². The predicted molar refractivity (Wildman–Crippen MR) is 107 cm³/mol. The van der Waals surface area contributed by atoms with Gasteiger partial charge in [0.25, 0.3) is 0 Å². The van der Waals surface area contributed by atoms with E-state index in [-0.39, 0.29) is 12.1 Å². The van der Waals surface area contributed by atoms with Crippen LogP contribution in [0.15, 0.2) is 42.5 Å². The monoisotopic (exact) mass is 384 g/mol. The first-order chi connectivity index (χ1) is 13.7. The average Bonchev–Trinajstić information content (AvgIpc) is 2.76. The van der Waals surface area contributed by atoms with Gasteiger partial charge in [0, 0.05) is 27.3 Å². The Morgan fingerprint density at radius 1 is 0.964 bits per heavy atom. The lowest BCUT2D eigenvalue weighted by atomic mass is 9.82. The van der Waals surface area contributed by atoms with Crippen LogP contribution in [-0.2, 0) is 15.9 Å². The standard InChI is InChI=1S/C22H28N2O4/c1-25-18-12-16-13-20-22(27-3,28-4)23-10-11-24(20)21(15-8-6-5-7-9-15)17(16)14-19(18)26-2/h5-9,12,14,20-21,23H,10-11,13H2,1-4H3/t20-,21-/m0/s1. The highest BCUT2D eigenvalue weighted by atomic mass is 16.7. The molecular formula is C22H28N2O4. The zero-order valence-corrected chi connectivity index (χ0v) is 16.9. The molecule has 1 saturated heterocycles. The molecule has 0 aromatic heterocycles. The fraction of sp³-hybridized carbons (Fsp3) is 0.455. The first-order valence-corrected chi connectivity index (χ1v) is 9.58. The smallest absolute Gasteiger partial charge is 0.243 e. The van der Waals surface area contributed by atoms with E-state index in [9.17, 15) is 0 Å².